The fourth-order valence-electron chi connectivity index (χ4n) is 1.90. The molecule has 2 rings (SSSR count). The van der Waals surface area contributed by atoms with Crippen LogP contribution in [0, 0.1) is 17.6 Å². The SMILES string of the molecule is C=CC1CC(=O)N(c2c(F)cc(F)cc2Cl)C1. The van der Waals surface area contributed by atoms with Gasteiger partial charge in [0.05, 0.1) is 10.7 Å². The number of amides is 1. The second-order valence-electron chi connectivity index (χ2n) is 3.92. The fraction of sp³-hybridized carbons (Fsp3) is 0.250. The van der Waals surface area contributed by atoms with E-state index in [1.54, 1.807) is 6.08 Å². The standard InChI is InChI=1S/C12H10ClF2NO/c1-2-7-3-11(17)16(6-7)12-9(13)4-8(14)5-10(12)15/h2,4-5,7H,1,3,6H2. The van der Waals surface area contributed by atoms with Crippen molar-refractivity contribution in [3.05, 3.63) is 41.4 Å². The lowest BCUT2D eigenvalue weighted by Crippen LogP contribution is -2.25. The van der Waals surface area contributed by atoms with E-state index in [1.807, 2.05) is 0 Å². The van der Waals surface area contributed by atoms with Crippen LogP contribution in [0.2, 0.25) is 5.02 Å². The lowest BCUT2D eigenvalue weighted by atomic mass is 10.1. The minimum absolute atomic E-state index is 0.0250. The molecule has 5 heteroatoms. The van der Waals surface area contributed by atoms with Crippen LogP contribution in [0.5, 0.6) is 0 Å². The van der Waals surface area contributed by atoms with Gasteiger partial charge in [-0.25, -0.2) is 8.78 Å². The molecular weight excluding hydrogens is 248 g/mol. The number of nitrogens with zero attached hydrogens (tertiary/aromatic N) is 1. The van der Waals surface area contributed by atoms with E-state index in [4.69, 9.17) is 11.6 Å². The first-order chi connectivity index (χ1) is 8.02. The van der Waals surface area contributed by atoms with Gasteiger partial charge in [-0.15, -0.1) is 6.58 Å². The first kappa shape index (κ1) is 12.0. The molecule has 17 heavy (non-hydrogen) atoms. The highest BCUT2D eigenvalue weighted by Crippen LogP contribution is 2.34. The van der Waals surface area contributed by atoms with Gasteiger partial charge in [0.25, 0.3) is 0 Å². The van der Waals surface area contributed by atoms with Crippen molar-refractivity contribution in [2.24, 2.45) is 5.92 Å². The maximum atomic E-state index is 13.6. The van der Waals surface area contributed by atoms with Crippen LogP contribution in [-0.2, 0) is 4.79 Å². The average molecular weight is 258 g/mol. The summed E-state index contributed by atoms with van der Waals surface area (Å²) in [5.41, 5.74) is -0.0533. The van der Waals surface area contributed by atoms with Gasteiger partial charge in [-0.3, -0.25) is 4.79 Å². The molecule has 0 aromatic heterocycles. The first-order valence-corrected chi connectivity index (χ1v) is 5.48. The molecule has 1 aromatic carbocycles. The summed E-state index contributed by atoms with van der Waals surface area (Å²) in [6, 6.07) is 1.71. The lowest BCUT2D eigenvalue weighted by molar-refractivity contribution is -0.117. The van der Waals surface area contributed by atoms with Gasteiger partial charge in [0.2, 0.25) is 5.91 Å². The van der Waals surface area contributed by atoms with E-state index < -0.39 is 11.6 Å². The first-order valence-electron chi connectivity index (χ1n) is 5.10. The van der Waals surface area contributed by atoms with Gasteiger partial charge in [-0.1, -0.05) is 17.7 Å². The Morgan fingerprint density at radius 2 is 2.18 bits per heavy atom. The quantitative estimate of drug-likeness (QED) is 0.746. The molecule has 0 saturated carbocycles. The third-order valence-electron chi connectivity index (χ3n) is 2.74. The average Bonchev–Trinajstić information content (AvgIpc) is 2.59. The largest absolute Gasteiger partial charge is 0.308 e. The maximum Gasteiger partial charge on any atom is 0.227 e. The van der Waals surface area contributed by atoms with Gasteiger partial charge in [0.1, 0.15) is 5.82 Å². The van der Waals surface area contributed by atoms with E-state index in [0.717, 1.165) is 12.1 Å². The molecule has 0 spiro atoms. The molecule has 1 amide bonds. The van der Waals surface area contributed by atoms with Crippen LogP contribution in [0.1, 0.15) is 6.42 Å². The lowest BCUT2D eigenvalue weighted by Gasteiger charge is -2.18. The van der Waals surface area contributed by atoms with Crippen LogP contribution < -0.4 is 4.90 Å². The normalized spacial score (nSPS) is 19.8. The molecule has 90 valence electrons. The summed E-state index contributed by atoms with van der Waals surface area (Å²) >= 11 is 5.77. The fourth-order valence-corrected chi connectivity index (χ4v) is 2.20. The Bertz CT molecular complexity index is 466. The zero-order valence-corrected chi connectivity index (χ0v) is 9.68. The van der Waals surface area contributed by atoms with E-state index >= 15 is 0 Å². The second kappa shape index (κ2) is 4.45. The number of hydrogen-bond donors (Lipinski definition) is 0. The van der Waals surface area contributed by atoms with Crippen LogP contribution in [0.25, 0.3) is 0 Å². The highest BCUT2D eigenvalue weighted by molar-refractivity contribution is 6.33. The van der Waals surface area contributed by atoms with Crippen molar-refractivity contribution in [3.8, 4) is 0 Å². The summed E-state index contributed by atoms with van der Waals surface area (Å²) in [6.07, 6.45) is 1.92. The Morgan fingerprint density at radius 3 is 2.71 bits per heavy atom. The maximum absolute atomic E-state index is 13.6. The van der Waals surface area contributed by atoms with Crippen molar-refractivity contribution >= 4 is 23.2 Å². The minimum atomic E-state index is -0.826. The van der Waals surface area contributed by atoms with E-state index in [2.05, 4.69) is 6.58 Å². The molecule has 1 aliphatic heterocycles. The number of anilines is 1. The number of rotatable bonds is 2. The number of benzene rings is 1. The Hall–Kier alpha value is -1.42. The molecule has 1 atom stereocenters. The Labute approximate surface area is 102 Å². The third-order valence-corrected chi connectivity index (χ3v) is 3.03. The van der Waals surface area contributed by atoms with E-state index in [0.29, 0.717) is 6.54 Å². The molecular formula is C12H10ClF2NO. The number of carbonyl (C=O) groups excluding carboxylic acids is 1. The van der Waals surface area contributed by atoms with Crippen LogP contribution in [0.15, 0.2) is 24.8 Å². The Kier molecular flexibility index (Phi) is 3.15. The molecule has 2 nitrogen and oxygen atoms in total. The van der Waals surface area contributed by atoms with Gasteiger partial charge in [0.15, 0.2) is 5.82 Å². The smallest absolute Gasteiger partial charge is 0.227 e. The highest BCUT2D eigenvalue weighted by Gasteiger charge is 2.32. The molecule has 1 unspecified atom stereocenters. The van der Waals surface area contributed by atoms with Gasteiger partial charge in [-0.05, 0) is 6.07 Å². The Balaban J connectivity index is 2.41. The second-order valence-corrected chi connectivity index (χ2v) is 4.33. The summed E-state index contributed by atoms with van der Waals surface area (Å²) in [6.45, 7) is 3.92. The predicted octanol–water partition coefficient (Wildman–Crippen LogP) is 3.16. The van der Waals surface area contributed by atoms with Crippen molar-refractivity contribution in [2.75, 3.05) is 11.4 Å². The zero-order chi connectivity index (χ0) is 12.6. The Morgan fingerprint density at radius 1 is 1.47 bits per heavy atom. The number of halogens is 3. The minimum Gasteiger partial charge on any atom is -0.308 e. The monoisotopic (exact) mass is 257 g/mol. The number of hydrogen-bond acceptors (Lipinski definition) is 1. The van der Waals surface area contributed by atoms with Crippen molar-refractivity contribution in [2.45, 2.75) is 6.42 Å². The van der Waals surface area contributed by atoms with Gasteiger partial charge < -0.3 is 4.90 Å². The molecule has 0 aliphatic carbocycles. The molecule has 1 fully saturated rings. The predicted molar refractivity (Wildman–Crippen MR) is 62.0 cm³/mol. The molecule has 1 aromatic rings. The van der Waals surface area contributed by atoms with Crippen molar-refractivity contribution in [1.29, 1.82) is 0 Å². The van der Waals surface area contributed by atoms with Crippen LogP contribution in [0.4, 0.5) is 14.5 Å². The molecule has 0 N–H and O–H groups in total. The molecule has 0 bridgehead atoms. The van der Waals surface area contributed by atoms with Crippen LogP contribution >= 0.6 is 11.6 Å². The summed E-state index contributed by atoms with van der Waals surface area (Å²) in [7, 11) is 0. The summed E-state index contributed by atoms with van der Waals surface area (Å²) in [5.74, 6) is -1.85. The zero-order valence-electron chi connectivity index (χ0n) is 8.92. The van der Waals surface area contributed by atoms with E-state index in [1.165, 1.54) is 4.90 Å². The van der Waals surface area contributed by atoms with Gasteiger partial charge >= 0.3 is 0 Å². The molecule has 1 heterocycles. The van der Waals surface area contributed by atoms with E-state index in [9.17, 15) is 13.6 Å². The van der Waals surface area contributed by atoms with Gasteiger partial charge in [-0.2, -0.15) is 0 Å². The van der Waals surface area contributed by atoms with Crippen molar-refractivity contribution < 1.29 is 13.6 Å². The van der Waals surface area contributed by atoms with Crippen molar-refractivity contribution in [3.63, 3.8) is 0 Å². The highest BCUT2D eigenvalue weighted by atomic mass is 35.5. The topological polar surface area (TPSA) is 20.3 Å². The third kappa shape index (κ3) is 2.17. The van der Waals surface area contributed by atoms with E-state index in [-0.39, 0.29) is 29.0 Å². The van der Waals surface area contributed by atoms with Crippen LogP contribution in [-0.4, -0.2) is 12.5 Å². The molecule has 1 aliphatic rings. The van der Waals surface area contributed by atoms with Gasteiger partial charge in [0, 0.05) is 24.9 Å². The number of carbonyl (C=O) groups is 1. The summed E-state index contributed by atoms with van der Waals surface area (Å²) < 4.78 is 26.5. The molecule has 1 saturated heterocycles. The summed E-state index contributed by atoms with van der Waals surface area (Å²) in [5, 5.41) is -0.0967. The van der Waals surface area contributed by atoms with Crippen molar-refractivity contribution in [1.82, 2.24) is 0 Å². The summed E-state index contributed by atoms with van der Waals surface area (Å²) in [4.78, 5) is 12.9. The molecule has 0 radical (unpaired) electrons. The van der Waals surface area contributed by atoms with Crippen LogP contribution in [0.3, 0.4) is 0 Å².